The van der Waals surface area contributed by atoms with E-state index in [0.717, 1.165) is 5.69 Å². The van der Waals surface area contributed by atoms with Crippen molar-refractivity contribution in [1.82, 2.24) is 9.78 Å². The first kappa shape index (κ1) is 9.65. The van der Waals surface area contributed by atoms with Gasteiger partial charge in [0, 0.05) is 18.3 Å². The van der Waals surface area contributed by atoms with Gasteiger partial charge >= 0.3 is 0 Å². The molecule has 2 aromatic rings. The Balaban J connectivity index is 2.42. The largest absolute Gasteiger partial charge is 0.288 e. The van der Waals surface area contributed by atoms with Crippen LogP contribution in [0.5, 0.6) is 0 Å². The van der Waals surface area contributed by atoms with E-state index in [2.05, 4.69) is 5.10 Å². The van der Waals surface area contributed by atoms with Gasteiger partial charge in [-0.1, -0.05) is 30.3 Å². The van der Waals surface area contributed by atoms with Crippen LogP contribution in [0.25, 0.3) is 0 Å². The van der Waals surface area contributed by atoms with Crippen LogP contribution in [0.15, 0.2) is 36.5 Å². The molecular weight excluding hydrogens is 188 g/mol. The number of nitrogens with zero attached hydrogens (tertiary/aromatic N) is 2. The molecule has 0 saturated carbocycles. The minimum Gasteiger partial charge on any atom is -0.288 e. The van der Waals surface area contributed by atoms with Crippen molar-refractivity contribution in [2.75, 3.05) is 0 Å². The fourth-order valence-electron chi connectivity index (χ4n) is 1.47. The first-order valence-electron chi connectivity index (χ1n) is 4.78. The Bertz CT molecular complexity index is 486. The number of hydrogen-bond donors (Lipinski definition) is 0. The van der Waals surface area contributed by atoms with Crippen molar-refractivity contribution in [3.05, 3.63) is 53.3 Å². The lowest BCUT2D eigenvalue weighted by atomic mass is 10.0. The van der Waals surface area contributed by atoms with Crippen molar-refractivity contribution in [1.29, 1.82) is 0 Å². The van der Waals surface area contributed by atoms with Gasteiger partial charge in [0.1, 0.15) is 0 Å². The summed E-state index contributed by atoms with van der Waals surface area (Å²) in [5, 5.41) is 4.06. The first-order chi connectivity index (χ1) is 7.20. The van der Waals surface area contributed by atoms with E-state index in [1.807, 2.05) is 44.3 Å². The van der Waals surface area contributed by atoms with Crippen molar-refractivity contribution in [2.24, 2.45) is 7.05 Å². The second-order valence-corrected chi connectivity index (χ2v) is 3.46. The second kappa shape index (κ2) is 3.69. The number of benzene rings is 1. The summed E-state index contributed by atoms with van der Waals surface area (Å²) < 4.78 is 1.70. The Morgan fingerprint density at radius 3 is 2.47 bits per heavy atom. The van der Waals surface area contributed by atoms with Gasteiger partial charge in [0.25, 0.3) is 0 Å². The zero-order valence-corrected chi connectivity index (χ0v) is 8.77. The predicted octanol–water partition coefficient (Wildman–Crippen LogP) is 1.96. The van der Waals surface area contributed by atoms with Crippen molar-refractivity contribution in [2.45, 2.75) is 6.92 Å². The van der Waals surface area contributed by atoms with Gasteiger partial charge in [-0.05, 0) is 6.92 Å². The number of aromatic nitrogens is 2. The molecule has 76 valence electrons. The number of rotatable bonds is 2. The Hall–Kier alpha value is -1.90. The molecule has 1 heterocycles. The molecule has 1 aromatic carbocycles. The summed E-state index contributed by atoms with van der Waals surface area (Å²) in [7, 11) is 1.83. The monoisotopic (exact) mass is 200 g/mol. The van der Waals surface area contributed by atoms with Crippen LogP contribution >= 0.6 is 0 Å². The normalized spacial score (nSPS) is 10.3. The summed E-state index contributed by atoms with van der Waals surface area (Å²) in [5.74, 6) is 0.0289. The van der Waals surface area contributed by atoms with Crippen LogP contribution in [-0.4, -0.2) is 15.6 Å². The maximum Gasteiger partial charge on any atom is 0.196 e. The minimum atomic E-state index is 0.0289. The minimum absolute atomic E-state index is 0.0289. The molecule has 0 atom stereocenters. The van der Waals surface area contributed by atoms with Gasteiger partial charge in [0.15, 0.2) is 5.78 Å². The fraction of sp³-hybridized carbons (Fsp3) is 0.167. The third-order valence-corrected chi connectivity index (χ3v) is 2.52. The van der Waals surface area contributed by atoms with E-state index < -0.39 is 0 Å². The third-order valence-electron chi connectivity index (χ3n) is 2.52. The van der Waals surface area contributed by atoms with Gasteiger partial charge in [0.2, 0.25) is 0 Å². The molecule has 3 nitrogen and oxygen atoms in total. The summed E-state index contributed by atoms with van der Waals surface area (Å²) in [5.41, 5.74) is 2.26. The van der Waals surface area contributed by atoms with Crippen LogP contribution < -0.4 is 0 Å². The van der Waals surface area contributed by atoms with Crippen LogP contribution in [-0.2, 0) is 7.05 Å². The molecule has 0 N–H and O–H groups in total. The molecule has 3 heteroatoms. The summed E-state index contributed by atoms with van der Waals surface area (Å²) in [6, 6.07) is 9.24. The summed E-state index contributed by atoms with van der Waals surface area (Å²) in [6.07, 6.45) is 1.62. The van der Waals surface area contributed by atoms with E-state index in [-0.39, 0.29) is 5.78 Å². The summed E-state index contributed by atoms with van der Waals surface area (Å²) >= 11 is 0. The van der Waals surface area contributed by atoms with Gasteiger partial charge in [0.05, 0.1) is 11.8 Å². The van der Waals surface area contributed by atoms with E-state index in [9.17, 15) is 4.79 Å². The number of ketones is 1. The maximum atomic E-state index is 12.0. The SMILES string of the molecule is Cc1c(C(=O)c2ccccc2)cnn1C. The van der Waals surface area contributed by atoms with Crippen LogP contribution in [0.2, 0.25) is 0 Å². The van der Waals surface area contributed by atoms with Crippen molar-refractivity contribution >= 4 is 5.78 Å². The second-order valence-electron chi connectivity index (χ2n) is 3.46. The van der Waals surface area contributed by atoms with Crippen LogP contribution in [0.4, 0.5) is 0 Å². The highest BCUT2D eigenvalue weighted by Gasteiger charge is 2.13. The van der Waals surface area contributed by atoms with Gasteiger partial charge in [-0.3, -0.25) is 9.48 Å². The quantitative estimate of drug-likeness (QED) is 0.694. The van der Waals surface area contributed by atoms with Crippen molar-refractivity contribution < 1.29 is 4.79 Å². The zero-order valence-electron chi connectivity index (χ0n) is 8.77. The van der Waals surface area contributed by atoms with Gasteiger partial charge in [-0.2, -0.15) is 5.10 Å². The standard InChI is InChI=1S/C12H12N2O/c1-9-11(8-13-14(9)2)12(15)10-6-4-3-5-7-10/h3-8H,1-2H3. The Morgan fingerprint density at radius 1 is 1.27 bits per heavy atom. The zero-order chi connectivity index (χ0) is 10.8. The van der Waals surface area contributed by atoms with Crippen molar-refractivity contribution in [3.8, 4) is 0 Å². The highest BCUT2D eigenvalue weighted by Crippen LogP contribution is 2.12. The predicted molar refractivity (Wildman–Crippen MR) is 57.8 cm³/mol. The van der Waals surface area contributed by atoms with Gasteiger partial charge in [-0.15, -0.1) is 0 Å². The lowest BCUT2D eigenvalue weighted by molar-refractivity contribution is 0.103. The van der Waals surface area contributed by atoms with E-state index in [0.29, 0.717) is 11.1 Å². The van der Waals surface area contributed by atoms with Crippen molar-refractivity contribution in [3.63, 3.8) is 0 Å². The number of carbonyl (C=O) groups excluding carboxylic acids is 1. The molecule has 2 rings (SSSR count). The smallest absolute Gasteiger partial charge is 0.196 e. The molecule has 0 amide bonds. The van der Waals surface area contributed by atoms with Gasteiger partial charge < -0.3 is 0 Å². The molecule has 0 aliphatic carbocycles. The van der Waals surface area contributed by atoms with Crippen LogP contribution in [0.1, 0.15) is 21.6 Å². The number of carbonyl (C=O) groups is 1. The highest BCUT2D eigenvalue weighted by atomic mass is 16.1. The van der Waals surface area contributed by atoms with Crippen LogP contribution in [0.3, 0.4) is 0 Å². The van der Waals surface area contributed by atoms with Crippen LogP contribution in [0, 0.1) is 6.92 Å². The van der Waals surface area contributed by atoms with Gasteiger partial charge in [-0.25, -0.2) is 0 Å². The number of hydrogen-bond acceptors (Lipinski definition) is 2. The Kier molecular flexibility index (Phi) is 2.37. The highest BCUT2D eigenvalue weighted by molar-refractivity contribution is 6.09. The topological polar surface area (TPSA) is 34.9 Å². The molecule has 1 aromatic heterocycles. The Labute approximate surface area is 88.4 Å². The number of aryl methyl sites for hydroxylation is 1. The Morgan fingerprint density at radius 2 is 1.93 bits per heavy atom. The first-order valence-corrected chi connectivity index (χ1v) is 4.78. The van der Waals surface area contributed by atoms with E-state index >= 15 is 0 Å². The van der Waals surface area contributed by atoms with E-state index in [1.165, 1.54) is 0 Å². The molecule has 0 saturated heterocycles. The molecule has 0 bridgehead atoms. The average molecular weight is 200 g/mol. The van der Waals surface area contributed by atoms with E-state index in [1.54, 1.807) is 10.9 Å². The molecule has 0 aliphatic heterocycles. The molecular formula is C12H12N2O. The molecule has 0 radical (unpaired) electrons. The molecule has 15 heavy (non-hydrogen) atoms. The lowest BCUT2D eigenvalue weighted by Gasteiger charge is -1.99. The fourth-order valence-corrected chi connectivity index (χ4v) is 1.47. The maximum absolute atomic E-state index is 12.0. The molecule has 0 aliphatic rings. The molecule has 0 unspecified atom stereocenters. The summed E-state index contributed by atoms with van der Waals surface area (Å²) in [4.78, 5) is 12.0. The van der Waals surface area contributed by atoms with E-state index in [4.69, 9.17) is 0 Å². The lowest BCUT2D eigenvalue weighted by Crippen LogP contribution is -2.03. The third kappa shape index (κ3) is 1.68. The molecule has 0 fully saturated rings. The summed E-state index contributed by atoms with van der Waals surface area (Å²) in [6.45, 7) is 1.89. The average Bonchev–Trinajstić information content (AvgIpc) is 2.60. The molecule has 0 spiro atoms.